The van der Waals surface area contributed by atoms with Gasteiger partial charge in [-0.1, -0.05) is 18.2 Å². The Morgan fingerprint density at radius 2 is 1.79 bits per heavy atom. The zero-order valence-corrected chi connectivity index (χ0v) is 11.3. The Morgan fingerprint density at radius 1 is 1.16 bits per heavy atom. The second kappa shape index (κ2) is 4.98. The normalized spacial score (nSPS) is 13.6. The summed E-state index contributed by atoms with van der Waals surface area (Å²) < 4.78 is 38.7. The van der Waals surface area contributed by atoms with Crippen LogP contribution < -0.4 is 0 Å². The van der Waals surface area contributed by atoms with Gasteiger partial charge in [-0.05, 0) is 37.1 Å². The van der Waals surface area contributed by atoms with Crippen LogP contribution in [0.2, 0.25) is 0 Å². The Bertz CT molecular complexity index is 567. The molecule has 1 nitrogen and oxygen atoms in total. The average molecular weight is 286 g/mol. The Hall–Kier alpha value is -1.33. The summed E-state index contributed by atoms with van der Waals surface area (Å²) in [6, 6.07) is 6.87. The van der Waals surface area contributed by atoms with E-state index in [9.17, 15) is 18.3 Å². The summed E-state index contributed by atoms with van der Waals surface area (Å²) in [5.74, 6) is 0. The number of hydrogen-bond donors (Lipinski definition) is 1. The van der Waals surface area contributed by atoms with Gasteiger partial charge in [0.05, 0.1) is 5.56 Å². The highest BCUT2D eigenvalue weighted by Crippen LogP contribution is 2.38. The van der Waals surface area contributed by atoms with Crippen LogP contribution in [0.4, 0.5) is 13.2 Å². The molecule has 2 rings (SSSR count). The summed E-state index contributed by atoms with van der Waals surface area (Å²) in [5, 5.41) is 10.2. The molecule has 102 valence electrons. The molecule has 1 aromatic carbocycles. The van der Waals surface area contributed by atoms with Crippen molar-refractivity contribution in [3.05, 3.63) is 56.8 Å². The largest absolute Gasteiger partial charge is 0.416 e. The van der Waals surface area contributed by atoms with Crippen molar-refractivity contribution in [2.75, 3.05) is 0 Å². The summed E-state index contributed by atoms with van der Waals surface area (Å²) in [6.45, 7) is 3.75. The van der Waals surface area contributed by atoms with Crippen molar-refractivity contribution in [2.45, 2.75) is 26.1 Å². The molecular formula is C14H13F3OS. The second-order valence-corrected chi connectivity index (χ2v) is 5.66. The minimum absolute atomic E-state index is 0.101. The fraction of sp³-hybridized carbons (Fsp3) is 0.286. The van der Waals surface area contributed by atoms with Gasteiger partial charge in [-0.3, -0.25) is 0 Å². The first-order chi connectivity index (χ1) is 8.80. The summed E-state index contributed by atoms with van der Waals surface area (Å²) in [6.07, 6.45) is -5.70. The zero-order chi connectivity index (χ0) is 14.2. The van der Waals surface area contributed by atoms with Crippen molar-refractivity contribution in [2.24, 2.45) is 0 Å². The summed E-state index contributed by atoms with van der Waals surface area (Å²) in [5.41, 5.74) is 0.0889. The molecule has 2 aromatic rings. The lowest BCUT2D eigenvalue weighted by atomic mass is 10.0. The van der Waals surface area contributed by atoms with Crippen molar-refractivity contribution < 1.29 is 18.3 Å². The maximum Gasteiger partial charge on any atom is 0.416 e. The first-order valence-corrected chi connectivity index (χ1v) is 6.53. The Kier molecular flexibility index (Phi) is 3.69. The van der Waals surface area contributed by atoms with E-state index in [0.717, 1.165) is 16.5 Å². The second-order valence-electron chi connectivity index (χ2n) is 4.38. The molecule has 0 aliphatic carbocycles. The van der Waals surface area contributed by atoms with Crippen LogP contribution in [0.15, 0.2) is 30.3 Å². The quantitative estimate of drug-likeness (QED) is 0.864. The lowest BCUT2D eigenvalue weighted by molar-refractivity contribution is -0.138. The molecule has 0 fully saturated rings. The molecule has 0 amide bonds. The van der Waals surface area contributed by atoms with Crippen molar-refractivity contribution in [1.82, 2.24) is 0 Å². The number of alkyl halides is 3. The lowest BCUT2D eigenvalue weighted by Crippen LogP contribution is -2.12. The Balaban J connectivity index is 2.47. The van der Waals surface area contributed by atoms with Gasteiger partial charge >= 0.3 is 6.18 Å². The number of hydrogen-bond acceptors (Lipinski definition) is 2. The number of aliphatic hydroxyl groups excluding tert-OH is 1. The molecule has 0 aliphatic heterocycles. The average Bonchev–Trinajstić information content (AvgIpc) is 2.68. The summed E-state index contributed by atoms with van der Waals surface area (Å²) >= 11 is 1.32. The van der Waals surface area contributed by atoms with Gasteiger partial charge in [0.25, 0.3) is 0 Å². The molecule has 0 aliphatic rings. The third-order valence-corrected chi connectivity index (χ3v) is 4.22. The SMILES string of the molecule is Cc1cc(C(O)c2ccccc2C(F)(F)F)sc1C. The predicted molar refractivity (Wildman–Crippen MR) is 69.3 cm³/mol. The van der Waals surface area contributed by atoms with E-state index in [-0.39, 0.29) is 5.56 Å². The van der Waals surface area contributed by atoms with Crippen molar-refractivity contribution >= 4 is 11.3 Å². The van der Waals surface area contributed by atoms with E-state index in [1.165, 1.54) is 29.5 Å². The topological polar surface area (TPSA) is 20.2 Å². The number of aryl methyl sites for hydroxylation is 2. The molecule has 0 bridgehead atoms. The van der Waals surface area contributed by atoms with E-state index in [2.05, 4.69) is 0 Å². The molecule has 1 aromatic heterocycles. The van der Waals surface area contributed by atoms with Crippen molar-refractivity contribution in [3.8, 4) is 0 Å². The standard InChI is InChI=1S/C14H13F3OS/c1-8-7-12(19-9(8)2)13(18)10-5-3-4-6-11(10)14(15,16)17/h3-7,13,18H,1-2H3. The van der Waals surface area contributed by atoms with Crippen LogP contribution in [-0.4, -0.2) is 5.11 Å². The number of benzene rings is 1. The molecule has 1 heterocycles. The van der Waals surface area contributed by atoms with E-state index >= 15 is 0 Å². The molecule has 0 radical (unpaired) electrons. The molecule has 0 spiro atoms. The molecule has 5 heteroatoms. The number of thiophene rings is 1. The van der Waals surface area contributed by atoms with Gasteiger partial charge in [-0.25, -0.2) is 0 Å². The van der Waals surface area contributed by atoms with Gasteiger partial charge in [0.1, 0.15) is 6.10 Å². The molecule has 0 saturated carbocycles. The number of rotatable bonds is 2. The first kappa shape index (κ1) is 14.1. The van der Waals surface area contributed by atoms with Crippen LogP contribution in [-0.2, 0) is 6.18 Å². The van der Waals surface area contributed by atoms with Gasteiger partial charge < -0.3 is 5.11 Å². The van der Waals surface area contributed by atoms with Crippen LogP contribution >= 0.6 is 11.3 Å². The van der Waals surface area contributed by atoms with Gasteiger partial charge in [0.15, 0.2) is 0 Å². The number of aliphatic hydroxyl groups is 1. The summed E-state index contributed by atoms with van der Waals surface area (Å²) in [7, 11) is 0. The van der Waals surface area contributed by atoms with E-state index < -0.39 is 17.8 Å². The lowest BCUT2D eigenvalue weighted by Gasteiger charge is -2.16. The van der Waals surface area contributed by atoms with Crippen LogP contribution in [0.3, 0.4) is 0 Å². The monoisotopic (exact) mass is 286 g/mol. The van der Waals surface area contributed by atoms with Gasteiger partial charge in [0.2, 0.25) is 0 Å². The zero-order valence-electron chi connectivity index (χ0n) is 10.5. The van der Waals surface area contributed by atoms with Crippen LogP contribution in [0.5, 0.6) is 0 Å². The Morgan fingerprint density at radius 3 is 2.32 bits per heavy atom. The van der Waals surface area contributed by atoms with Crippen molar-refractivity contribution in [3.63, 3.8) is 0 Å². The van der Waals surface area contributed by atoms with Crippen LogP contribution in [0, 0.1) is 13.8 Å². The fourth-order valence-corrected chi connectivity index (χ4v) is 2.93. The fourth-order valence-electron chi connectivity index (χ4n) is 1.88. The highest BCUT2D eigenvalue weighted by molar-refractivity contribution is 7.12. The van der Waals surface area contributed by atoms with E-state index in [1.54, 1.807) is 6.07 Å². The smallest absolute Gasteiger partial charge is 0.383 e. The summed E-state index contributed by atoms with van der Waals surface area (Å²) in [4.78, 5) is 1.53. The molecule has 1 atom stereocenters. The van der Waals surface area contributed by atoms with E-state index in [0.29, 0.717) is 4.88 Å². The maximum atomic E-state index is 12.9. The van der Waals surface area contributed by atoms with Crippen LogP contribution in [0.1, 0.15) is 32.5 Å². The van der Waals surface area contributed by atoms with Gasteiger partial charge in [0, 0.05) is 9.75 Å². The third kappa shape index (κ3) is 2.82. The van der Waals surface area contributed by atoms with Crippen molar-refractivity contribution in [1.29, 1.82) is 0 Å². The highest BCUT2D eigenvalue weighted by atomic mass is 32.1. The maximum absolute atomic E-state index is 12.9. The molecule has 19 heavy (non-hydrogen) atoms. The van der Waals surface area contributed by atoms with Crippen LogP contribution in [0.25, 0.3) is 0 Å². The highest BCUT2D eigenvalue weighted by Gasteiger charge is 2.35. The minimum Gasteiger partial charge on any atom is -0.383 e. The number of halogens is 3. The molecule has 0 saturated heterocycles. The van der Waals surface area contributed by atoms with E-state index in [4.69, 9.17) is 0 Å². The molecule has 1 N–H and O–H groups in total. The molecular weight excluding hydrogens is 273 g/mol. The predicted octanol–water partition coefficient (Wildman–Crippen LogP) is 4.47. The minimum atomic E-state index is -4.46. The molecule has 1 unspecified atom stereocenters. The van der Waals surface area contributed by atoms with Gasteiger partial charge in [-0.15, -0.1) is 11.3 Å². The van der Waals surface area contributed by atoms with E-state index in [1.807, 2.05) is 13.8 Å². The van der Waals surface area contributed by atoms with Gasteiger partial charge in [-0.2, -0.15) is 13.2 Å². The first-order valence-electron chi connectivity index (χ1n) is 5.72. The Labute approximate surface area is 113 Å². The third-order valence-electron chi connectivity index (χ3n) is 3.02.